The molecule has 1 rings (SSSR count). The van der Waals surface area contributed by atoms with Crippen molar-refractivity contribution in [3.8, 4) is 0 Å². The zero-order valence-electron chi connectivity index (χ0n) is 28.0. The second-order valence-corrected chi connectivity index (χ2v) is 18.6. The second kappa shape index (κ2) is 19.4. The highest BCUT2D eigenvalue weighted by Gasteiger charge is 2.66. The highest BCUT2D eigenvalue weighted by molar-refractivity contribution is 7.71. The molecule has 45 heavy (non-hydrogen) atoms. The average Bonchev–Trinajstić information content (AvgIpc) is 3.35. The van der Waals surface area contributed by atoms with E-state index in [9.17, 15) is 18.3 Å². The van der Waals surface area contributed by atoms with Crippen molar-refractivity contribution in [1.82, 2.24) is 0 Å². The molecule has 0 saturated carbocycles. The van der Waals surface area contributed by atoms with E-state index in [1.807, 2.05) is 0 Å². The summed E-state index contributed by atoms with van der Waals surface area (Å²) in [5, 5.41) is -2.52. The molecule has 0 aromatic carbocycles. The molecular formula is C25H51O15P5. The van der Waals surface area contributed by atoms with E-state index in [1.54, 1.807) is 0 Å². The Morgan fingerprint density at radius 1 is 0.356 bits per heavy atom. The van der Waals surface area contributed by atoms with Gasteiger partial charge in [0.05, 0.1) is 87.3 Å². The van der Waals surface area contributed by atoms with Crippen molar-refractivity contribution in [3.63, 3.8) is 0 Å². The molecule has 0 aromatic heterocycles. The summed E-state index contributed by atoms with van der Waals surface area (Å²) in [7, 11) is -23.7. The van der Waals surface area contributed by atoms with Crippen LogP contribution in [0.1, 0.15) is 69.2 Å². The van der Waals surface area contributed by atoms with Gasteiger partial charge in [-0.15, -0.1) is 0 Å². The van der Waals surface area contributed by atoms with Gasteiger partial charge in [0, 0.05) is 0 Å². The minimum atomic E-state index is -4.76. The lowest BCUT2D eigenvalue weighted by Gasteiger charge is -2.32. The van der Waals surface area contributed by atoms with Crippen LogP contribution in [0.3, 0.4) is 0 Å². The van der Waals surface area contributed by atoms with Gasteiger partial charge in [-0.1, -0.05) is 0 Å². The van der Waals surface area contributed by atoms with Crippen LogP contribution in [0.2, 0.25) is 0 Å². The van der Waals surface area contributed by atoms with Crippen LogP contribution in [0.4, 0.5) is 0 Å². The zero-order chi connectivity index (χ0) is 34.5. The molecule has 0 radical (unpaired) electrons. The van der Waals surface area contributed by atoms with Crippen LogP contribution >= 0.6 is 38.0 Å². The molecule has 20 heteroatoms. The van der Waals surface area contributed by atoms with Crippen molar-refractivity contribution in [2.75, 3.05) is 66.1 Å². The average molecular weight is 747 g/mol. The third kappa shape index (κ3) is 9.69. The monoisotopic (exact) mass is 746 g/mol. The van der Waals surface area contributed by atoms with Gasteiger partial charge in [0.25, 0.3) is 0 Å². The molecule has 0 bridgehead atoms. The smallest absolute Gasteiger partial charge is 0.308 e. The van der Waals surface area contributed by atoms with Gasteiger partial charge in [-0.2, -0.15) is 0 Å². The molecule has 15 nitrogen and oxygen atoms in total. The highest BCUT2D eigenvalue weighted by Crippen LogP contribution is 2.86. The maximum absolute atomic E-state index is 15.0. The van der Waals surface area contributed by atoms with E-state index in [4.69, 9.17) is 45.2 Å². The first-order valence-electron chi connectivity index (χ1n) is 15.2. The van der Waals surface area contributed by atoms with Gasteiger partial charge in [0.15, 0.2) is 0 Å². The third-order valence-electron chi connectivity index (χ3n) is 5.69. The van der Waals surface area contributed by atoms with Crippen LogP contribution in [0.5, 0.6) is 0 Å². The van der Waals surface area contributed by atoms with E-state index >= 15 is 4.57 Å². The van der Waals surface area contributed by atoms with Crippen LogP contribution in [-0.2, 0) is 68.1 Å². The molecule has 0 aromatic rings. The van der Waals surface area contributed by atoms with Gasteiger partial charge in [0.1, 0.15) is 5.66 Å². The zero-order valence-corrected chi connectivity index (χ0v) is 32.5. The first-order valence-corrected chi connectivity index (χ1v) is 23.0. The van der Waals surface area contributed by atoms with Crippen molar-refractivity contribution in [1.29, 1.82) is 0 Å². The van der Waals surface area contributed by atoms with Crippen LogP contribution in [-0.4, -0.2) is 71.7 Å². The minimum absolute atomic E-state index is 0.205. The lowest BCUT2D eigenvalue weighted by molar-refractivity contribution is 0.207. The van der Waals surface area contributed by atoms with Gasteiger partial charge in [0.2, 0.25) is 0 Å². The quantitative estimate of drug-likeness (QED) is 0.0807. The fourth-order valence-corrected chi connectivity index (χ4v) is 18.2. The summed E-state index contributed by atoms with van der Waals surface area (Å²) >= 11 is 0. The van der Waals surface area contributed by atoms with Gasteiger partial charge >= 0.3 is 38.0 Å². The van der Waals surface area contributed by atoms with Crippen molar-refractivity contribution < 1.29 is 68.1 Å². The summed E-state index contributed by atoms with van der Waals surface area (Å²) in [4.78, 5) is 0. The molecule has 0 unspecified atom stereocenters. The molecule has 0 fully saturated rings. The van der Waals surface area contributed by atoms with Crippen molar-refractivity contribution >= 4 is 38.0 Å². The van der Waals surface area contributed by atoms with Gasteiger partial charge in [-0.3, -0.25) is 22.8 Å². The van der Waals surface area contributed by atoms with Crippen molar-refractivity contribution in [2.45, 2.75) is 74.9 Å². The Balaban J connectivity index is 5.03. The largest absolute Gasteiger partial charge is 0.362 e. The van der Waals surface area contributed by atoms with E-state index in [1.165, 1.54) is 69.2 Å². The van der Waals surface area contributed by atoms with Crippen LogP contribution < -0.4 is 0 Å². The number of allylic oxidation sites excluding steroid dienone is 4. The van der Waals surface area contributed by atoms with E-state index in [0.29, 0.717) is 0 Å². The van der Waals surface area contributed by atoms with Gasteiger partial charge in [-0.05, 0) is 69.2 Å². The summed E-state index contributed by atoms with van der Waals surface area (Å²) in [5.74, 6) is 0. The highest BCUT2D eigenvalue weighted by atomic mass is 31.2. The van der Waals surface area contributed by atoms with E-state index < -0.39 is 64.9 Å². The lowest BCUT2D eigenvalue weighted by Crippen LogP contribution is -2.20. The molecule has 0 saturated heterocycles. The molecule has 0 aliphatic heterocycles. The summed E-state index contributed by atoms with van der Waals surface area (Å²) in [6.07, 6.45) is 0. The standard InChI is InChI=1S/C25H51O15P5/c1-11-31-41(26,32-12-2)21-22(42(27,33-13-3)34-14-4)24(44(29,37-17-7)38-18-8)25(45(30,39-19-9)40-20-10)23(21)43(28,35-15-5)36-16-6/h21H,11-20H2,1-10H3. The molecule has 1 aliphatic rings. The lowest BCUT2D eigenvalue weighted by atomic mass is 10.4. The SMILES string of the molecule is CCOP(=O)(OCC)C1=C(P(=O)(OCC)OCC)C(P(=O)(OCC)OCC)C(P(=O)(OCC)OCC)=C1P(=O)(OCC)OCC. The maximum Gasteiger partial charge on any atom is 0.362 e. The van der Waals surface area contributed by atoms with E-state index in [2.05, 4.69) is 0 Å². The molecule has 0 N–H and O–H groups in total. The molecule has 0 atom stereocenters. The predicted molar refractivity (Wildman–Crippen MR) is 172 cm³/mol. The summed E-state index contributed by atoms with van der Waals surface area (Å²) in [5.41, 5.74) is -2.00. The van der Waals surface area contributed by atoms with Gasteiger partial charge < -0.3 is 45.2 Å². The third-order valence-corrected chi connectivity index (χ3v) is 18.0. The minimum Gasteiger partial charge on any atom is -0.308 e. The fraction of sp³-hybridized carbons (Fsp3) is 0.840. The molecule has 0 heterocycles. The summed E-state index contributed by atoms with van der Waals surface area (Å²) in [6.45, 7) is 13.1. The van der Waals surface area contributed by atoms with E-state index in [0.717, 1.165) is 0 Å². The molecule has 0 amide bonds. The molecule has 266 valence electrons. The number of hydrogen-bond donors (Lipinski definition) is 0. The van der Waals surface area contributed by atoms with Gasteiger partial charge in [-0.25, -0.2) is 0 Å². The first kappa shape index (κ1) is 43.3. The molecule has 1 aliphatic carbocycles. The predicted octanol–water partition coefficient (Wildman–Crippen LogP) is 9.12. The van der Waals surface area contributed by atoms with Crippen LogP contribution in [0, 0.1) is 0 Å². The fourth-order valence-electron chi connectivity index (χ4n) is 4.62. The second-order valence-electron chi connectivity index (χ2n) is 8.58. The first-order chi connectivity index (χ1) is 21.2. The van der Waals surface area contributed by atoms with Crippen molar-refractivity contribution in [3.05, 3.63) is 21.3 Å². The number of rotatable bonds is 25. The Hall–Kier alpha value is 0.230. The molecular weight excluding hydrogens is 695 g/mol. The summed E-state index contributed by atoms with van der Waals surface area (Å²) in [6, 6.07) is 0. The van der Waals surface area contributed by atoms with Crippen LogP contribution in [0.25, 0.3) is 0 Å². The van der Waals surface area contributed by atoms with E-state index in [-0.39, 0.29) is 66.1 Å². The maximum atomic E-state index is 15.0. The number of hydrogen-bond acceptors (Lipinski definition) is 15. The topological polar surface area (TPSA) is 178 Å². The Labute approximate surface area is 268 Å². The van der Waals surface area contributed by atoms with Crippen LogP contribution in [0.15, 0.2) is 21.3 Å². The molecule has 0 spiro atoms. The normalized spacial score (nSPS) is 16.0. The van der Waals surface area contributed by atoms with Crippen molar-refractivity contribution in [2.24, 2.45) is 0 Å². The Kier molecular flexibility index (Phi) is 18.7. The Bertz CT molecular complexity index is 1130. The Morgan fingerprint density at radius 2 is 0.556 bits per heavy atom. The summed E-state index contributed by atoms with van der Waals surface area (Å²) < 4.78 is 132. The Morgan fingerprint density at radius 3 is 0.756 bits per heavy atom.